The number of benzene rings is 1. The molecule has 0 bridgehead atoms. The Morgan fingerprint density at radius 3 is 2.40 bits per heavy atom. The van der Waals surface area contributed by atoms with Gasteiger partial charge in [-0.25, -0.2) is 0 Å². The largest absolute Gasteiger partial charge is 0.326 e. The molecule has 1 nitrogen and oxygen atoms in total. The molecular weight excluding hydrogens is 182 g/mol. The minimum atomic E-state index is 0.631. The molecule has 0 amide bonds. The van der Waals surface area contributed by atoms with Gasteiger partial charge in [0.05, 0.1) is 0 Å². The molecule has 0 fully saturated rings. The van der Waals surface area contributed by atoms with Gasteiger partial charge in [-0.2, -0.15) is 0 Å². The van der Waals surface area contributed by atoms with Gasteiger partial charge in [0, 0.05) is 6.54 Å². The van der Waals surface area contributed by atoms with Crippen LogP contribution in [-0.2, 0) is 13.0 Å². The molecule has 1 aromatic carbocycles. The van der Waals surface area contributed by atoms with Crippen molar-refractivity contribution in [2.45, 2.75) is 25.8 Å². The lowest BCUT2D eigenvalue weighted by atomic mass is 9.97. The summed E-state index contributed by atoms with van der Waals surface area (Å²) in [6.07, 6.45) is 10.1. The minimum Gasteiger partial charge on any atom is -0.326 e. The van der Waals surface area contributed by atoms with Gasteiger partial charge in [0.15, 0.2) is 0 Å². The Hall–Kier alpha value is -1.34. The smallest absolute Gasteiger partial charge is 0.0178 e. The molecule has 0 saturated heterocycles. The van der Waals surface area contributed by atoms with E-state index in [1.54, 1.807) is 0 Å². The molecular formula is C14H17N. The number of nitrogens with two attached hydrogens (primary N) is 1. The molecule has 1 aromatic rings. The molecule has 0 spiro atoms. The first-order valence-electron chi connectivity index (χ1n) is 5.51. The molecule has 2 N–H and O–H groups in total. The van der Waals surface area contributed by atoms with Gasteiger partial charge in [0.2, 0.25) is 0 Å². The Kier molecular flexibility index (Phi) is 3.36. The van der Waals surface area contributed by atoms with E-state index in [1.807, 2.05) is 0 Å². The lowest BCUT2D eigenvalue weighted by molar-refractivity contribution is 0.910. The standard InChI is InChI=1S/C14H17N/c15-11-14-8-6-13(7-9-14)10-12-4-2-1-3-5-12/h1-2,4,6-9H,3,5,10-11,15H2. The topological polar surface area (TPSA) is 26.0 Å². The minimum absolute atomic E-state index is 0.631. The van der Waals surface area contributed by atoms with Crippen LogP contribution in [0.4, 0.5) is 0 Å². The number of rotatable bonds is 3. The van der Waals surface area contributed by atoms with Gasteiger partial charge in [-0.3, -0.25) is 0 Å². The Balaban J connectivity index is 2.04. The summed E-state index contributed by atoms with van der Waals surface area (Å²) in [7, 11) is 0. The highest BCUT2D eigenvalue weighted by atomic mass is 14.5. The predicted molar refractivity (Wildman–Crippen MR) is 64.5 cm³/mol. The van der Waals surface area contributed by atoms with Crippen molar-refractivity contribution < 1.29 is 0 Å². The van der Waals surface area contributed by atoms with E-state index in [9.17, 15) is 0 Å². The molecule has 1 heteroatoms. The zero-order valence-corrected chi connectivity index (χ0v) is 8.95. The SMILES string of the molecule is NCc1ccc(CC2=CC=CCC2)cc1. The average molecular weight is 199 g/mol. The molecule has 0 atom stereocenters. The van der Waals surface area contributed by atoms with Gasteiger partial charge in [-0.05, 0) is 30.4 Å². The molecule has 0 saturated carbocycles. The lowest BCUT2D eigenvalue weighted by Gasteiger charge is -2.09. The third kappa shape index (κ3) is 2.80. The zero-order chi connectivity index (χ0) is 10.5. The molecule has 0 heterocycles. The molecule has 15 heavy (non-hydrogen) atoms. The Morgan fingerprint density at radius 2 is 1.80 bits per heavy atom. The van der Waals surface area contributed by atoms with Crippen LogP contribution in [0.5, 0.6) is 0 Å². The summed E-state index contributed by atoms with van der Waals surface area (Å²) in [5, 5.41) is 0. The quantitative estimate of drug-likeness (QED) is 0.795. The Bertz CT molecular complexity index is 371. The first kappa shape index (κ1) is 10.2. The van der Waals surface area contributed by atoms with Crippen LogP contribution in [0.3, 0.4) is 0 Å². The van der Waals surface area contributed by atoms with Crippen molar-refractivity contribution in [1.82, 2.24) is 0 Å². The highest BCUT2D eigenvalue weighted by Gasteiger charge is 2.01. The highest BCUT2D eigenvalue weighted by Crippen LogP contribution is 2.17. The fourth-order valence-electron chi connectivity index (χ4n) is 1.86. The van der Waals surface area contributed by atoms with Crippen molar-refractivity contribution in [3.05, 3.63) is 59.2 Å². The second kappa shape index (κ2) is 4.94. The van der Waals surface area contributed by atoms with Crippen LogP contribution >= 0.6 is 0 Å². The van der Waals surface area contributed by atoms with E-state index >= 15 is 0 Å². The second-order valence-electron chi connectivity index (χ2n) is 3.99. The van der Waals surface area contributed by atoms with Crippen LogP contribution < -0.4 is 5.73 Å². The van der Waals surface area contributed by atoms with E-state index in [2.05, 4.69) is 42.5 Å². The van der Waals surface area contributed by atoms with Crippen molar-refractivity contribution in [2.24, 2.45) is 5.73 Å². The van der Waals surface area contributed by atoms with Crippen molar-refractivity contribution >= 4 is 0 Å². The molecule has 1 aliphatic rings. The summed E-state index contributed by atoms with van der Waals surface area (Å²) < 4.78 is 0. The molecule has 1 aliphatic carbocycles. The predicted octanol–water partition coefficient (Wildman–Crippen LogP) is 2.96. The molecule has 2 rings (SSSR count). The van der Waals surface area contributed by atoms with Crippen LogP contribution in [0.25, 0.3) is 0 Å². The molecule has 0 unspecified atom stereocenters. The summed E-state index contributed by atoms with van der Waals surface area (Å²) in [6, 6.07) is 8.60. The summed E-state index contributed by atoms with van der Waals surface area (Å²) in [5.41, 5.74) is 9.68. The summed E-state index contributed by atoms with van der Waals surface area (Å²) in [5.74, 6) is 0. The van der Waals surface area contributed by atoms with Gasteiger partial charge < -0.3 is 5.73 Å². The number of hydrogen-bond acceptors (Lipinski definition) is 1. The van der Waals surface area contributed by atoms with Crippen LogP contribution in [0.2, 0.25) is 0 Å². The van der Waals surface area contributed by atoms with Crippen LogP contribution in [-0.4, -0.2) is 0 Å². The fraction of sp³-hybridized carbons (Fsp3) is 0.286. The van der Waals surface area contributed by atoms with Crippen LogP contribution in [0.1, 0.15) is 24.0 Å². The fourth-order valence-corrected chi connectivity index (χ4v) is 1.86. The van der Waals surface area contributed by atoms with E-state index in [-0.39, 0.29) is 0 Å². The lowest BCUT2D eigenvalue weighted by Crippen LogP contribution is -1.97. The van der Waals surface area contributed by atoms with E-state index in [1.165, 1.54) is 29.5 Å². The summed E-state index contributed by atoms with van der Waals surface area (Å²) >= 11 is 0. The first-order valence-corrected chi connectivity index (χ1v) is 5.51. The normalized spacial score (nSPS) is 15.1. The van der Waals surface area contributed by atoms with Crippen molar-refractivity contribution in [2.75, 3.05) is 0 Å². The van der Waals surface area contributed by atoms with E-state index < -0.39 is 0 Å². The molecule has 0 radical (unpaired) electrons. The second-order valence-corrected chi connectivity index (χ2v) is 3.99. The third-order valence-electron chi connectivity index (χ3n) is 2.79. The van der Waals surface area contributed by atoms with Gasteiger partial charge >= 0.3 is 0 Å². The zero-order valence-electron chi connectivity index (χ0n) is 8.95. The van der Waals surface area contributed by atoms with Gasteiger partial charge in [0.1, 0.15) is 0 Å². The van der Waals surface area contributed by atoms with E-state index in [0.29, 0.717) is 6.54 Å². The monoisotopic (exact) mass is 199 g/mol. The molecule has 0 aliphatic heterocycles. The average Bonchev–Trinajstić information content (AvgIpc) is 2.31. The van der Waals surface area contributed by atoms with Crippen molar-refractivity contribution in [1.29, 1.82) is 0 Å². The summed E-state index contributed by atoms with van der Waals surface area (Å²) in [4.78, 5) is 0. The number of hydrogen-bond donors (Lipinski definition) is 1. The van der Waals surface area contributed by atoms with Crippen molar-refractivity contribution in [3.63, 3.8) is 0 Å². The van der Waals surface area contributed by atoms with Crippen LogP contribution in [0.15, 0.2) is 48.1 Å². The highest BCUT2D eigenvalue weighted by molar-refractivity contribution is 5.29. The maximum atomic E-state index is 5.56. The van der Waals surface area contributed by atoms with E-state index in [0.717, 1.165) is 6.42 Å². The van der Waals surface area contributed by atoms with Crippen molar-refractivity contribution in [3.8, 4) is 0 Å². The van der Waals surface area contributed by atoms with Gasteiger partial charge in [-0.15, -0.1) is 0 Å². The number of allylic oxidation sites excluding steroid dienone is 4. The van der Waals surface area contributed by atoms with Gasteiger partial charge in [-0.1, -0.05) is 48.1 Å². The third-order valence-corrected chi connectivity index (χ3v) is 2.79. The summed E-state index contributed by atoms with van der Waals surface area (Å²) in [6.45, 7) is 0.631. The molecule has 0 aromatic heterocycles. The molecule has 78 valence electrons. The van der Waals surface area contributed by atoms with Gasteiger partial charge in [0.25, 0.3) is 0 Å². The van der Waals surface area contributed by atoms with E-state index in [4.69, 9.17) is 5.73 Å². The Labute approximate surface area is 91.3 Å². The maximum absolute atomic E-state index is 5.56. The Morgan fingerprint density at radius 1 is 1.07 bits per heavy atom. The first-order chi connectivity index (χ1) is 7.38. The maximum Gasteiger partial charge on any atom is 0.0178 e. The van der Waals surface area contributed by atoms with Crippen LogP contribution in [0, 0.1) is 0 Å².